The average Bonchev–Trinajstić information content (AvgIpc) is 3.11. The first-order valence-electron chi connectivity index (χ1n) is 8.04. The van der Waals surface area contributed by atoms with Crippen molar-refractivity contribution < 1.29 is 13.9 Å². The number of aromatic nitrogens is 4. The molecule has 2 aromatic carbocycles. The molecule has 0 radical (unpaired) electrons. The smallest absolute Gasteiger partial charge is 0.323 e. The molecule has 1 heterocycles. The van der Waals surface area contributed by atoms with Crippen molar-refractivity contribution in [3.8, 4) is 17.1 Å². The largest absolute Gasteiger partial charge is 0.452 e. The van der Waals surface area contributed by atoms with Gasteiger partial charge in [0.15, 0.2) is 0 Å². The van der Waals surface area contributed by atoms with Crippen molar-refractivity contribution in [2.75, 3.05) is 10.6 Å². The van der Waals surface area contributed by atoms with Crippen molar-refractivity contribution in [1.82, 2.24) is 20.2 Å². The number of ether oxygens (including phenoxy) is 1. The predicted molar refractivity (Wildman–Crippen MR) is 108 cm³/mol. The highest BCUT2D eigenvalue weighted by Gasteiger charge is 2.08. The van der Waals surface area contributed by atoms with Gasteiger partial charge in [0.1, 0.15) is 5.75 Å². The summed E-state index contributed by atoms with van der Waals surface area (Å²) < 4.78 is 16.4. The van der Waals surface area contributed by atoms with E-state index in [1.807, 2.05) is 6.92 Å². The first-order valence-corrected chi connectivity index (χ1v) is 9.29. The van der Waals surface area contributed by atoms with E-state index in [1.165, 1.54) is 33.5 Å². The minimum atomic E-state index is -1.46. The van der Waals surface area contributed by atoms with Crippen LogP contribution in [0.25, 0.3) is 11.4 Å². The zero-order chi connectivity index (χ0) is 19.2. The fourth-order valence-corrected chi connectivity index (χ4v) is 2.53. The molecule has 140 valence electrons. The number of halogens is 2. The number of nitrogens with zero attached hydrogens (tertiary/aromatic N) is 4. The second kappa shape index (κ2) is 8.75. The molecule has 0 aliphatic rings. The maximum absolute atomic E-state index is 12.9. The molecule has 0 fully saturated rings. The van der Waals surface area contributed by atoms with Crippen LogP contribution >= 0.6 is 22.6 Å². The Balaban J connectivity index is 1.61. The van der Waals surface area contributed by atoms with Gasteiger partial charge >= 0.3 is 6.03 Å². The molecule has 0 spiro atoms. The van der Waals surface area contributed by atoms with Crippen molar-refractivity contribution in [2.45, 2.75) is 17.8 Å². The maximum atomic E-state index is 12.9. The third kappa shape index (κ3) is 5.36. The van der Waals surface area contributed by atoms with Gasteiger partial charge in [-0.05, 0) is 48.5 Å². The SMILES string of the molecule is CCn1nnc(-c2ccc(NC(=O)Nc3cccc(OC(F)I)c3)cc2)n1. The first kappa shape index (κ1) is 19.0. The fourth-order valence-electron chi connectivity index (χ4n) is 2.24. The molecule has 3 rings (SSSR count). The number of nitrogens with one attached hydrogen (secondary N) is 2. The number of tetrazole rings is 1. The zero-order valence-corrected chi connectivity index (χ0v) is 16.4. The molecule has 1 aromatic heterocycles. The van der Waals surface area contributed by atoms with Gasteiger partial charge in [-0.25, -0.2) is 4.79 Å². The summed E-state index contributed by atoms with van der Waals surface area (Å²) in [6.07, 6.45) is 0. The standard InChI is InChI=1S/C17H16FIN6O2/c1-2-25-23-15(22-24-25)11-6-8-12(9-7-11)20-17(26)21-13-4-3-5-14(10-13)27-16(18)19/h3-10,16H,2H2,1H3,(H2,20,21,26). The molecule has 0 bridgehead atoms. The first-order chi connectivity index (χ1) is 13.0. The minimum Gasteiger partial charge on any atom is -0.452 e. The van der Waals surface area contributed by atoms with Gasteiger partial charge in [0.2, 0.25) is 5.82 Å². The Labute approximate surface area is 168 Å². The van der Waals surface area contributed by atoms with Crippen molar-refractivity contribution in [3.05, 3.63) is 48.5 Å². The number of carbonyl (C=O) groups is 1. The molecule has 10 heteroatoms. The van der Waals surface area contributed by atoms with Crippen LogP contribution < -0.4 is 15.4 Å². The van der Waals surface area contributed by atoms with E-state index < -0.39 is 10.4 Å². The van der Waals surface area contributed by atoms with Gasteiger partial charge in [0.05, 0.1) is 6.54 Å². The third-order valence-corrected chi connectivity index (χ3v) is 3.71. The minimum absolute atomic E-state index is 0.326. The fraction of sp³-hybridized carbons (Fsp3) is 0.176. The number of benzene rings is 2. The van der Waals surface area contributed by atoms with Crippen LogP contribution in [0.4, 0.5) is 20.6 Å². The summed E-state index contributed by atoms with van der Waals surface area (Å²) in [5.41, 5.74) is 1.88. The highest BCUT2D eigenvalue weighted by Crippen LogP contribution is 2.21. The molecule has 1 unspecified atom stereocenters. The second-order valence-corrected chi connectivity index (χ2v) is 6.34. The maximum Gasteiger partial charge on any atom is 0.323 e. The molecule has 0 saturated carbocycles. The normalized spacial score (nSPS) is 11.7. The number of aryl methyl sites for hydroxylation is 1. The molecule has 0 saturated heterocycles. The van der Waals surface area contributed by atoms with Crippen LogP contribution in [-0.2, 0) is 6.54 Å². The number of hydrogen-bond donors (Lipinski definition) is 2. The van der Waals surface area contributed by atoms with Crippen LogP contribution in [0.1, 0.15) is 6.92 Å². The average molecular weight is 482 g/mol. The Morgan fingerprint density at radius 3 is 2.63 bits per heavy atom. The lowest BCUT2D eigenvalue weighted by molar-refractivity contribution is 0.171. The van der Waals surface area contributed by atoms with Crippen LogP contribution in [0.3, 0.4) is 0 Å². The lowest BCUT2D eigenvalue weighted by atomic mass is 10.2. The number of amides is 2. The van der Waals surface area contributed by atoms with Crippen molar-refractivity contribution in [1.29, 1.82) is 0 Å². The van der Waals surface area contributed by atoms with E-state index in [4.69, 9.17) is 4.74 Å². The Morgan fingerprint density at radius 1 is 1.22 bits per heavy atom. The highest BCUT2D eigenvalue weighted by atomic mass is 127. The predicted octanol–water partition coefficient (Wildman–Crippen LogP) is 4.07. The van der Waals surface area contributed by atoms with Crippen LogP contribution in [0.2, 0.25) is 0 Å². The molecule has 2 amide bonds. The molecule has 8 nitrogen and oxygen atoms in total. The number of alkyl halides is 2. The van der Waals surface area contributed by atoms with Crippen LogP contribution in [0.15, 0.2) is 48.5 Å². The Bertz CT molecular complexity index is 916. The quantitative estimate of drug-likeness (QED) is 0.408. The number of rotatable bonds is 6. The van der Waals surface area contributed by atoms with E-state index >= 15 is 0 Å². The summed E-state index contributed by atoms with van der Waals surface area (Å²) in [6, 6.07) is 13.1. The summed E-state index contributed by atoms with van der Waals surface area (Å²) in [7, 11) is 0. The van der Waals surface area contributed by atoms with Crippen molar-refractivity contribution in [2.24, 2.45) is 0 Å². The van der Waals surface area contributed by atoms with Gasteiger partial charge in [-0.2, -0.15) is 9.19 Å². The van der Waals surface area contributed by atoms with E-state index in [2.05, 4.69) is 26.0 Å². The zero-order valence-electron chi connectivity index (χ0n) is 14.3. The molecule has 3 aromatic rings. The van der Waals surface area contributed by atoms with Crippen LogP contribution in [0.5, 0.6) is 5.75 Å². The van der Waals surface area contributed by atoms with Gasteiger partial charge in [0.25, 0.3) is 4.36 Å². The summed E-state index contributed by atoms with van der Waals surface area (Å²) in [4.78, 5) is 13.6. The summed E-state index contributed by atoms with van der Waals surface area (Å²) in [5, 5.41) is 17.5. The third-order valence-electron chi connectivity index (χ3n) is 3.45. The summed E-state index contributed by atoms with van der Waals surface area (Å²) in [6.45, 7) is 2.57. The Kier molecular flexibility index (Phi) is 6.16. The van der Waals surface area contributed by atoms with Crippen molar-refractivity contribution in [3.63, 3.8) is 0 Å². The van der Waals surface area contributed by atoms with E-state index in [-0.39, 0.29) is 0 Å². The monoisotopic (exact) mass is 482 g/mol. The highest BCUT2D eigenvalue weighted by molar-refractivity contribution is 14.1. The Hall–Kier alpha value is -2.76. The molecular weight excluding hydrogens is 466 g/mol. The number of hydrogen-bond acceptors (Lipinski definition) is 5. The molecule has 27 heavy (non-hydrogen) atoms. The molecule has 0 aliphatic heterocycles. The van der Waals surface area contributed by atoms with E-state index in [1.54, 1.807) is 42.5 Å². The molecule has 2 N–H and O–H groups in total. The summed E-state index contributed by atoms with van der Waals surface area (Å²) >= 11 is 1.51. The van der Waals surface area contributed by atoms with Gasteiger partial charge in [-0.15, -0.1) is 10.2 Å². The van der Waals surface area contributed by atoms with Crippen molar-refractivity contribution >= 4 is 40.0 Å². The van der Waals surface area contributed by atoms with Gasteiger partial charge in [-0.1, -0.05) is 6.07 Å². The topological polar surface area (TPSA) is 94.0 Å². The van der Waals surface area contributed by atoms with Gasteiger partial charge in [0, 0.05) is 45.6 Å². The number of urea groups is 1. The summed E-state index contributed by atoms with van der Waals surface area (Å²) in [5.74, 6) is 0.845. The molecular formula is C17H16FIN6O2. The Morgan fingerprint density at radius 2 is 1.96 bits per heavy atom. The lowest BCUT2D eigenvalue weighted by Crippen LogP contribution is -2.19. The van der Waals surface area contributed by atoms with E-state index in [0.29, 0.717) is 29.5 Å². The van der Waals surface area contributed by atoms with Crippen LogP contribution in [0, 0.1) is 0 Å². The van der Waals surface area contributed by atoms with Gasteiger partial charge in [-0.3, -0.25) is 0 Å². The molecule has 1 atom stereocenters. The number of anilines is 2. The lowest BCUT2D eigenvalue weighted by Gasteiger charge is -2.10. The molecule has 0 aliphatic carbocycles. The van der Waals surface area contributed by atoms with E-state index in [9.17, 15) is 9.18 Å². The van der Waals surface area contributed by atoms with Gasteiger partial charge < -0.3 is 15.4 Å². The van der Waals surface area contributed by atoms with Crippen LogP contribution in [-0.4, -0.2) is 30.6 Å². The number of carbonyl (C=O) groups excluding carboxylic acids is 1. The second-order valence-electron chi connectivity index (χ2n) is 5.36. The van der Waals surface area contributed by atoms with E-state index in [0.717, 1.165) is 5.56 Å².